The Bertz CT molecular complexity index is 358. The largest absolute Gasteiger partial charge is 0.454 e. The van der Waals surface area contributed by atoms with E-state index < -0.39 is 0 Å². The van der Waals surface area contributed by atoms with Gasteiger partial charge in [0, 0.05) is 26.2 Å². The Hall–Kier alpha value is -1.30. The smallest absolute Gasteiger partial charge is 0.231 e. The topological polar surface area (TPSA) is 62.8 Å². The van der Waals surface area contributed by atoms with Crippen LogP contribution < -0.4 is 20.1 Å². The number of nitrogens with one attached hydrogen (secondary N) is 2. The fourth-order valence-electron chi connectivity index (χ4n) is 1.66. The van der Waals surface area contributed by atoms with Crippen LogP contribution in [0.15, 0.2) is 18.2 Å². The van der Waals surface area contributed by atoms with E-state index in [0.29, 0.717) is 13.3 Å². The van der Waals surface area contributed by atoms with E-state index in [1.807, 2.05) is 18.2 Å². The molecule has 5 heteroatoms. The Morgan fingerprint density at radius 2 is 1.88 bits per heavy atom. The highest BCUT2D eigenvalue weighted by molar-refractivity contribution is 5.44. The first-order chi connectivity index (χ1) is 8.40. The molecule has 0 saturated carbocycles. The van der Waals surface area contributed by atoms with Crippen LogP contribution in [0.25, 0.3) is 0 Å². The fourth-order valence-corrected chi connectivity index (χ4v) is 1.66. The highest BCUT2D eigenvalue weighted by Crippen LogP contribution is 2.32. The summed E-state index contributed by atoms with van der Waals surface area (Å²) in [5.41, 5.74) is 1.18. The lowest BCUT2D eigenvalue weighted by Gasteiger charge is -2.06. The summed E-state index contributed by atoms with van der Waals surface area (Å²) in [7, 11) is 0. The highest BCUT2D eigenvalue weighted by Gasteiger charge is 2.12. The Balaban J connectivity index is 1.69. The molecule has 1 heterocycles. The summed E-state index contributed by atoms with van der Waals surface area (Å²) in [6.45, 7) is 3.67. The Morgan fingerprint density at radius 3 is 2.76 bits per heavy atom. The van der Waals surface area contributed by atoms with Gasteiger partial charge in [0.25, 0.3) is 0 Å². The SMILES string of the molecule is OCCNCCNCc1ccc2c(c1)OCO2. The van der Waals surface area contributed by atoms with Crippen molar-refractivity contribution in [3.63, 3.8) is 0 Å². The average Bonchev–Trinajstić information content (AvgIpc) is 2.81. The minimum Gasteiger partial charge on any atom is -0.454 e. The molecule has 0 fully saturated rings. The molecular weight excluding hydrogens is 220 g/mol. The van der Waals surface area contributed by atoms with Gasteiger partial charge in [-0.1, -0.05) is 6.07 Å². The van der Waals surface area contributed by atoms with Crippen molar-refractivity contribution in [1.82, 2.24) is 10.6 Å². The average molecular weight is 238 g/mol. The van der Waals surface area contributed by atoms with Gasteiger partial charge < -0.3 is 25.2 Å². The standard InChI is InChI=1S/C12H18N2O3/c15-6-5-13-3-4-14-8-10-1-2-11-12(7-10)17-9-16-11/h1-2,7,13-15H,3-6,8-9H2. The minimum absolute atomic E-state index is 0.183. The summed E-state index contributed by atoms with van der Waals surface area (Å²) >= 11 is 0. The van der Waals surface area contributed by atoms with E-state index in [9.17, 15) is 0 Å². The summed E-state index contributed by atoms with van der Waals surface area (Å²) in [5.74, 6) is 1.64. The molecule has 0 aliphatic carbocycles. The second-order valence-electron chi connectivity index (χ2n) is 3.84. The summed E-state index contributed by atoms with van der Waals surface area (Å²) in [6, 6.07) is 5.96. The van der Waals surface area contributed by atoms with Gasteiger partial charge in [-0.3, -0.25) is 0 Å². The number of hydrogen-bond donors (Lipinski definition) is 3. The molecule has 0 unspecified atom stereocenters. The second-order valence-corrected chi connectivity index (χ2v) is 3.84. The predicted octanol–water partition coefficient (Wildman–Crippen LogP) is 0.0868. The van der Waals surface area contributed by atoms with E-state index in [0.717, 1.165) is 31.1 Å². The van der Waals surface area contributed by atoms with Crippen LogP contribution in [-0.2, 0) is 6.54 Å². The van der Waals surface area contributed by atoms with Crippen molar-refractivity contribution in [3.8, 4) is 11.5 Å². The molecule has 0 saturated heterocycles. The van der Waals surface area contributed by atoms with Gasteiger partial charge in [0.15, 0.2) is 11.5 Å². The Morgan fingerprint density at radius 1 is 1.06 bits per heavy atom. The number of fused-ring (bicyclic) bond motifs is 1. The molecule has 1 aromatic carbocycles. The second kappa shape index (κ2) is 6.44. The normalized spacial score (nSPS) is 13.0. The molecule has 0 bridgehead atoms. The number of hydrogen-bond acceptors (Lipinski definition) is 5. The van der Waals surface area contributed by atoms with Crippen molar-refractivity contribution in [3.05, 3.63) is 23.8 Å². The number of aliphatic hydroxyl groups excluding tert-OH is 1. The lowest BCUT2D eigenvalue weighted by molar-refractivity contribution is 0.174. The van der Waals surface area contributed by atoms with Gasteiger partial charge >= 0.3 is 0 Å². The molecule has 1 aromatic rings. The first-order valence-electron chi connectivity index (χ1n) is 5.81. The number of rotatable bonds is 7. The summed E-state index contributed by atoms with van der Waals surface area (Å²) in [6.07, 6.45) is 0. The first kappa shape index (κ1) is 12.2. The van der Waals surface area contributed by atoms with Crippen molar-refractivity contribution >= 4 is 0 Å². The lowest BCUT2D eigenvalue weighted by atomic mass is 10.2. The third-order valence-electron chi connectivity index (χ3n) is 2.53. The zero-order valence-electron chi connectivity index (χ0n) is 9.74. The fraction of sp³-hybridized carbons (Fsp3) is 0.500. The molecule has 0 amide bonds. The summed E-state index contributed by atoms with van der Waals surface area (Å²) in [4.78, 5) is 0. The van der Waals surface area contributed by atoms with Gasteiger partial charge in [0.1, 0.15) is 0 Å². The highest BCUT2D eigenvalue weighted by atomic mass is 16.7. The van der Waals surface area contributed by atoms with Crippen molar-refractivity contribution in [2.75, 3.05) is 33.0 Å². The molecule has 0 spiro atoms. The number of ether oxygens (including phenoxy) is 2. The van der Waals surface area contributed by atoms with E-state index in [-0.39, 0.29) is 6.61 Å². The maximum Gasteiger partial charge on any atom is 0.231 e. The first-order valence-corrected chi connectivity index (χ1v) is 5.81. The zero-order chi connectivity index (χ0) is 11.9. The van der Waals surface area contributed by atoms with Crippen molar-refractivity contribution in [1.29, 1.82) is 0 Å². The monoisotopic (exact) mass is 238 g/mol. The molecule has 1 aliphatic rings. The van der Waals surface area contributed by atoms with Gasteiger partial charge in [-0.05, 0) is 17.7 Å². The van der Waals surface area contributed by atoms with Crippen LogP contribution in [0.5, 0.6) is 11.5 Å². The molecule has 5 nitrogen and oxygen atoms in total. The molecule has 17 heavy (non-hydrogen) atoms. The maximum atomic E-state index is 8.58. The summed E-state index contributed by atoms with van der Waals surface area (Å²) in [5, 5.41) is 15.0. The van der Waals surface area contributed by atoms with Crippen LogP contribution in [0, 0.1) is 0 Å². The number of aliphatic hydroxyl groups is 1. The van der Waals surface area contributed by atoms with Crippen LogP contribution in [0.2, 0.25) is 0 Å². The predicted molar refractivity (Wildman–Crippen MR) is 64.2 cm³/mol. The molecular formula is C12H18N2O3. The van der Waals surface area contributed by atoms with E-state index >= 15 is 0 Å². The molecule has 2 rings (SSSR count). The van der Waals surface area contributed by atoms with Crippen LogP contribution in [0.1, 0.15) is 5.56 Å². The zero-order valence-corrected chi connectivity index (χ0v) is 9.74. The van der Waals surface area contributed by atoms with E-state index in [2.05, 4.69) is 10.6 Å². The molecule has 1 aliphatic heterocycles. The molecule has 94 valence electrons. The van der Waals surface area contributed by atoms with Gasteiger partial charge in [-0.25, -0.2) is 0 Å². The molecule has 3 N–H and O–H groups in total. The van der Waals surface area contributed by atoms with Crippen molar-refractivity contribution in [2.45, 2.75) is 6.54 Å². The van der Waals surface area contributed by atoms with Gasteiger partial charge in [-0.15, -0.1) is 0 Å². The van der Waals surface area contributed by atoms with E-state index in [1.165, 1.54) is 5.56 Å². The molecule has 0 aromatic heterocycles. The number of benzene rings is 1. The van der Waals surface area contributed by atoms with Crippen LogP contribution in [0.3, 0.4) is 0 Å². The van der Waals surface area contributed by atoms with E-state index in [4.69, 9.17) is 14.6 Å². The van der Waals surface area contributed by atoms with Crippen LogP contribution in [-0.4, -0.2) is 38.1 Å². The third kappa shape index (κ3) is 3.59. The van der Waals surface area contributed by atoms with Gasteiger partial charge in [0.2, 0.25) is 6.79 Å². The van der Waals surface area contributed by atoms with Crippen LogP contribution >= 0.6 is 0 Å². The molecule has 0 atom stereocenters. The van der Waals surface area contributed by atoms with Crippen LogP contribution in [0.4, 0.5) is 0 Å². The Kier molecular flexibility index (Phi) is 4.61. The van der Waals surface area contributed by atoms with Gasteiger partial charge in [0.05, 0.1) is 6.61 Å². The summed E-state index contributed by atoms with van der Waals surface area (Å²) < 4.78 is 10.6. The van der Waals surface area contributed by atoms with E-state index in [1.54, 1.807) is 0 Å². The lowest BCUT2D eigenvalue weighted by Crippen LogP contribution is -2.28. The third-order valence-corrected chi connectivity index (χ3v) is 2.53. The van der Waals surface area contributed by atoms with Crippen molar-refractivity contribution in [2.24, 2.45) is 0 Å². The minimum atomic E-state index is 0.183. The van der Waals surface area contributed by atoms with Gasteiger partial charge in [-0.2, -0.15) is 0 Å². The maximum absolute atomic E-state index is 8.58. The quantitative estimate of drug-likeness (QED) is 0.588. The van der Waals surface area contributed by atoms with Crippen molar-refractivity contribution < 1.29 is 14.6 Å². The Labute approximate surface area is 101 Å². The molecule has 0 radical (unpaired) electrons.